The molecular weight excluding hydrogens is 286 g/mol. The van der Waals surface area contributed by atoms with Gasteiger partial charge in [-0.1, -0.05) is 5.92 Å². The molecule has 1 unspecified atom stereocenters. The molecule has 5 heteroatoms. The molecule has 2 aromatic rings. The Kier molecular flexibility index (Phi) is 6.51. The van der Waals surface area contributed by atoms with E-state index in [4.69, 9.17) is 15.6 Å². The Labute approximate surface area is 129 Å². The number of hydrogen-bond donors (Lipinski definition) is 1. The third-order valence-corrected chi connectivity index (χ3v) is 3.64. The van der Waals surface area contributed by atoms with Crippen LogP contribution in [-0.4, -0.2) is 35.9 Å². The van der Waals surface area contributed by atoms with Gasteiger partial charge >= 0.3 is 0 Å². The third-order valence-electron chi connectivity index (χ3n) is 2.91. The summed E-state index contributed by atoms with van der Waals surface area (Å²) >= 11 is 1.67. The zero-order chi connectivity index (χ0) is 14.9. The molecule has 0 radical (unpaired) electrons. The van der Waals surface area contributed by atoms with Crippen molar-refractivity contribution in [3.63, 3.8) is 0 Å². The third kappa shape index (κ3) is 5.74. The van der Waals surface area contributed by atoms with Crippen LogP contribution in [0.5, 0.6) is 0 Å². The predicted octanol–water partition coefficient (Wildman–Crippen LogP) is 2.35. The van der Waals surface area contributed by atoms with E-state index in [1.165, 1.54) is 5.56 Å². The Balaban J connectivity index is 1.89. The van der Waals surface area contributed by atoms with Crippen LogP contribution < -0.4 is 0 Å². The Morgan fingerprint density at radius 2 is 2.33 bits per heavy atom. The average molecular weight is 305 g/mol. The van der Waals surface area contributed by atoms with Gasteiger partial charge in [-0.05, 0) is 34.5 Å². The number of rotatable bonds is 9. The van der Waals surface area contributed by atoms with Crippen LogP contribution in [-0.2, 0) is 17.8 Å². The number of aliphatic hydroxyl groups is 1. The molecule has 0 bridgehead atoms. The summed E-state index contributed by atoms with van der Waals surface area (Å²) in [6.07, 6.45) is 6.20. The van der Waals surface area contributed by atoms with E-state index in [1.807, 2.05) is 17.5 Å². The molecule has 0 aromatic carbocycles. The smallest absolute Gasteiger partial charge is 0.117 e. The van der Waals surface area contributed by atoms with E-state index >= 15 is 0 Å². The fourth-order valence-electron chi connectivity index (χ4n) is 2.05. The van der Waals surface area contributed by atoms with Gasteiger partial charge in [0.25, 0.3) is 0 Å². The molecule has 21 heavy (non-hydrogen) atoms. The first kappa shape index (κ1) is 15.8. The maximum atomic E-state index is 10.0. The van der Waals surface area contributed by atoms with Crippen LogP contribution in [0.2, 0.25) is 0 Å². The minimum atomic E-state index is -0.577. The molecule has 0 aliphatic rings. The molecule has 0 fully saturated rings. The largest absolute Gasteiger partial charge is 0.468 e. The van der Waals surface area contributed by atoms with Crippen molar-refractivity contribution in [1.82, 2.24) is 4.90 Å². The van der Waals surface area contributed by atoms with Crippen molar-refractivity contribution in [2.24, 2.45) is 0 Å². The lowest BCUT2D eigenvalue weighted by molar-refractivity contribution is 0.0230. The van der Waals surface area contributed by atoms with E-state index in [9.17, 15) is 5.11 Å². The summed E-state index contributed by atoms with van der Waals surface area (Å²) in [6, 6.07) is 5.88. The number of aliphatic hydroxyl groups excluding tert-OH is 1. The summed E-state index contributed by atoms with van der Waals surface area (Å²) in [7, 11) is 0. The zero-order valence-corrected chi connectivity index (χ0v) is 12.6. The maximum Gasteiger partial charge on any atom is 0.117 e. The highest BCUT2D eigenvalue weighted by Crippen LogP contribution is 2.13. The molecule has 1 N–H and O–H groups in total. The van der Waals surface area contributed by atoms with Gasteiger partial charge in [-0.25, -0.2) is 0 Å². The van der Waals surface area contributed by atoms with Crippen LogP contribution in [0.25, 0.3) is 0 Å². The van der Waals surface area contributed by atoms with Crippen molar-refractivity contribution in [3.05, 3.63) is 46.5 Å². The fourth-order valence-corrected chi connectivity index (χ4v) is 2.71. The molecular formula is C16H19NO3S. The van der Waals surface area contributed by atoms with Crippen LogP contribution in [0.15, 0.2) is 39.6 Å². The highest BCUT2D eigenvalue weighted by atomic mass is 32.1. The molecule has 0 aliphatic carbocycles. The number of terminal acetylenes is 1. The van der Waals surface area contributed by atoms with Gasteiger partial charge in [0.15, 0.2) is 0 Å². The second-order valence-corrected chi connectivity index (χ2v) is 5.53. The molecule has 0 saturated carbocycles. The minimum absolute atomic E-state index is 0.222. The van der Waals surface area contributed by atoms with E-state index < -0.39 is 6.10 Å². The number of ether oxygens (including phenoxy) is 1. The fraction of sp³-hybridized carbons (Fsp3) is 0.375. The van der Waals surface area contributed by atoms with E-state index in [0.717, 1.165) is 12.3 Å². The first-order valence-electron chi connectivity index (χ1n) is 6.73. The summed E-state index contributed by atoms with van der Waals surface area (Å²) in [5, 5.41) is 14.2. The number of furan rings is 1. The Morgan fingerprint density at radius 3 is 3.00 bits per heavy atom. The standard InChI is InChI=1S/C16H19NO3S/c1-2-6-19-12-15(18)10-17(9-14-5-8-21-13-14)11-16-4-3-7-20-16/h1,3-5,7-8,13,15,18H,6,9-12H2. The van der Waals surface area contributed by atoms with Crippen molar-refractivity contribution in [1.29, 1.82) is 0 Å². The molecule has 0 aliphatic heterocycles. The SMILES string of the molecule is C#CCOCC(O)CN(Cc1ccsc1)Cc1ccco1. The molecule has 2 rings (SSSR count). The summed E-state index contributed by atoms with van der Waals surface area (Å²) < 4.78 is 10.6. The molecule has 0 spiro atoms. The van der Waals surface area contributed by atoms with Crippen LogP contribution >= 0.6 is 11.3 Å². The summed E-state index contributed by atoms with van der Waals surface area (Å²) in [4.78, 5) is 2.13. The molecule has 1 atom stereocenters. The highest BCUT2D eigenvalue weighted by molar-refractivity contribution is 7.07. The maximum absolute atomic E-state index is 10.0. The summed E-state index contributed by atoms with van der Waals surface area (Å²) in [5.41, 5.74) is 1.23. The van der Waals surface area contributed by atoms with Crippen LogP contribution in [0.1, 0.15) is 11.3 Å². The average Bonchev–Trinajstić information content (AvgIpc) is 3.12. The van der Waals surface area contributed by atoms with Crippen LogP contribution in [0.3, 0.4) is 0 Å². The van der Waals surface area contributed by atoms with Gasteiger partial charge in [-0.2, -0.15) is 11.3 Å². The lowest BCUT2D eigenvalue weighted by Gasteiger charge is -2.23. The number of nitrogens with zero attached hydrogens (tertiary/aromatic N) is 1. The minimum Gasteiger partial charge on any atom is -0.468 e. The van der Waals surface area contributed by atoms with Gasteiger partial charge in [-0.3, -0.25) is 4.90 Å². The lowest BCUT2D eigenvalue weighted by atomic mass is 10.2. The van der Waals surface area contributed by atoms with Crippen molar-refractivity contribution in [2.45, 2.75) is 19.2 Å². The van der Waals surface area contributed by atoms with Crippen LogP contribution in [0.4, 0.5) is 0 Å². The van der Waals surface area contributed by atoms with Gasteiger partial charge in [-0.15, -0.1) is 6.42 Å². The molecule has 0 amide bonds. The topological polar surface area (TPSA) is 45.8 Å². The molecule has 112 valence electrons. The molecule has 2 aromatic heterocycles. The first-order valence-corrected chi connectivity index (χ1v) is 7.67. The second kappa shape index (κ2) is 8.65. The predicted molar refractivity (Wildman–Crippen MR) is 82.8 cm³/mol. The normalized spacial score (nSPS) is 12.4. The summed E-state index contributed by atoms with van der Waals surface area (Å²) in [5.74, 6) is 3.27. The number of hydrogen-bond acceptors (Lipinski definition) is 5. The molecule has 0 saturated heterocycles. The Morgan fingerprint density at radius 1 is 1.43 bits per heavy atom. The zero-order valence-electron chi connectivity index (χ0n) is 11.8. The number of thiophene rings is 1. The monoisotopic (exact) mass is 305 g/mol. The first-order chi connectivity index (χ1) is 10.3. The van der Waals surface area contributed by atoms with Crippen molar-refractivity contribution < 1.29 is 14.3 Å². The van der Waals surface area contributed by atoms with Crippen LogP contribution in [0, 0.1) is 12.3 Å². The highest BCUT2D eigenvalue weighted by Gasteiger charge is 2.14. The molecule has 2 heterocycles. The van der Waals surface area contributed by atoms with E-state index in [2.05, 4.69) is 22.3 Å². The van der Waals surface area contributed by atoms with Gasteiger partial charge in [0.2, 0.25) is 0 Å². The Hall–Kier alpha value is -1.58. The summed E-state index contributed by atoms with van der Waals surface area (Å²) in [6.45, 7) is 2.37. The van der Waals surface area contributed by atoms with Gasteiger partial charge in [0.05, 0.1) is 25.5 Å². The van der Waals surface area contributed by atoms with E-state index in [-0.39, 0.29) is 13.2 Å². The lowest BCUT2D eigenvalue weighted by Crippen LogP contribution is -2.34. The van der Waals surface area contributed by atoms with E-state index in [1.54, 1.807) is 17.6 Å². The second-order valence-electron chi connectivity index (χ2n) is 4.75. The van der Waals surface area contributed by atoms with Crippen molar-refractivity contribution in [3.8, 4) is 12.3 Å². The Bertz CT molecular complexity index is 494. The van der Waals surface area contributed by atoms with Crippen molar-refractivity contribution in [2.75, 3.05) is 19.8 Å². The van der Waals surface area contributed by atoms with E-state index in [0.29, 0.717) is 13.1 Å². The van der Waals surface area contributed by atoms with Crippen molar-refractivity contribution >= 4 is 11.3 Å². The van der Waals surface area contributed by atoms with Gasteiger partial charge in [0.1, 0.15) is 12.4 Å². The van der Waals surface area contributed by atoms with Gasteiger partial charge in [0, 0.05) is 13.1 Å². The quantitative estimate of drug-likeness (QED) is 0.570. The van der Waals surface area contributed by atoms with Gasteiger partial charge < -0.3 is 14.3 Å². The molecule has 4 nitrogen and oxygen atoms in total.